The van der Waals surface area contributed by atoms with Crippen LogP contribution in [0.25, 0.3) is 0 Å². The highest BCUT2D eigenvalue weighted by molar-refractivity contribution is 7.99. The molecule has 0 aliphatic carbocycles. The van der Waals surface area contributed by atoms with Gasteiger partial charge in [0.05, 0.1) is 11.3 Å². The topological polar surface area (TPSA) is 52.7 Å². The first-order chi connectivity index (χ1) is 15.4. The van der Waals surface area contributed by atoms with Crippen LogP contribution in [0.4, 0.5) is 20.2 Å². The standard InChI is InChI=1S/C24H29F2N3O2S/c1-3-28(4-2)22(30)17-13-15-29(16-14-17)23(31)20-7-5-6-8-21(20)27-18-9-11-19(12-10-18)32-24(25)26/h5-12,17,24,27H,3-4,13-16H2,1-2H3. The minimum atomic E-state index is -2.46. The van der Waals surface area contributed by atoms with Crippen LogP contribution in [0.1, 0.15) is 37.0 Å². The van der Waals surface area contributed by atoms with Gasteiger partial charge in [0.15, 0.2) is 0 Å². The van der Waals surface area contributed by atoms with Gasteiger partial charge in [0.25, 0.3) is 11.7 Å². The normalized spacial score (nSPS) is 14.5. The number of amides is 2. The van der Waals surface area contributed by atoms with Crippen molar-refractivity contribution in [3.63, 3.8) is 0 Å². The monoisotopic (exact) mass is 461 g/mol. The summed E-state index contributed by atoms with van der Waals surface area (Å²) >= 11 is 0.498. The maximum Gasteiger partial charge on any atom is 0.288 e. The summed E-state index contributed by atoms with van der Waals surface area (Å²) in [5, 5.41) is 3.23. The molecule has 0 saturated carbocycles. The number of piperidine rings is 1. The van der Waals surface area contributed by atoms with Crippen LogP contribution in [0, 0.1) is 5.92 Å². The number of nitrogens with zero attached hydrogens (tertiary/aromatic N) is 2. The largest absolute Gasteiger partial charge is 0.355 e. The number of halogens is 2. The van der Waals surface area contributed by atoms with Gasteiger partial charge in [-0.3, -0.25) is 9.59 Å². The van der Waals surface area contributed by atoms with Crippen LogP contribution in [0.5, 0.6) is 0 Å². The molecule has 32 heavy (non-hydrogen) atoms. The van der Waals surface area contributed by atoms with E-state index in [9.17, 15) is 18.4 Å². The van der Waals surface area contributed by atoms with Gasteiger partial charge in [-0.1, -0.05) is 23.9 Å². The fraction of sp³-hybridized carbons (Fsp3) is 0.417. The Labute approximate surface area is 192 Å². The summed E-state index contributed by atoms with van der Waals surface area (Å²) in [5.41, 5.74) is 1.92. The first kappa shape index (κ1) is 24.0. The average Bonchev–Trinajstić information content (AvgIpc) is 2.81. The Hall–Kier alpha value is -2.61. The number of anilines is 2. The Bertz CT molecular complexity index is 912. The highest BCUT2D eigenvalue weighted by atomic mass is 32.2. The van der Waals surface area contributed by atoms with Crippen LogP contribution < -0.4 is 5.32 Å². The second kappa shape index (κ2) is 11.3. The number of rotatable bonds is 8. The summed E-state index contributed by atoms with van der Waals surface area (Å²) in [5.74, 6) is -2.39. The number of carbonyl (C=O) groups is 2. The molecule has 0 spiro atoms. The number of hydrogen-bond donors (Lipinski definition) is 1. The van der Waals surface area contributed by atoms with Crippen LogP contribution in [0.2, 0.25) is 0 Å². The number of alkyl halides is 2. The van der Waals surface area contributed by atoms with Crippen LogP contribution >= 0.6 is 11.8 Å². The van der Waals surface area contributed by atoms with Gasteiger partial charge < -0.3 is 15.1 Å². The molecule has 0 bridgehead atoms. The summed E-state index contributed by atoms with van der Waals surface area (Å²) in [4.78, 5) is 30.0. The van der Waals surface area contributed by atoms with Gasteiger partial charge in [0, 0.05) is 42.7 Å². The Morgan fingerprint density at radius 3 is 2.28 bits per heavy atom. The molecular formula is C24H29F2N3O2S. The molecule has 2 aromatic carbocycles. The molecule has 3 rings (SSSR count). The van der Waals surface area contributed by atoms with E-state index in [2.05, 4.69) is 5.32 Å². The van der Waals surface area contributed by atoms with Crippen molar-refractivity contribution >= 4 is 35.0 Å². The lowest BCUT2D eigenvalue weighted by Crippen LogP contribution is -2.44. The smallest absolute Gasteiger partial charge is 0.288 e. The van der Waals surface area contributed by atoms with E-state index in [1.807, 2.05) is 36.9 Å². The third-order valence-corrected chi connectivity index (χ3v) is 6.44. The van der Waals surface area contributed by atoms with Crippen LogP contribution in [-0.4, -0.2) is 53.6 Å². The number of benzene rings is 2. The molecule has 1 N–H and O–H groups in total. The Kier molecular flexibility index (Phi) is 8.50. The molecule has 1 heterocycles. The Morgan fingerprint density at radius 2 is 1.69 bits per heavy atom. The number of para-hydroxylation sites is 1. The first-order valence-electron chi connectivity index (χ1n) is 10.9. The molecule has 1 aliphatic rings. The van der Waals surface area contributed by atoms with Gasteiger partial charge in [-0.15, -0.1) is 0 Å². The van der Waals surface area contributed by atoms with Gasteiger partial charge in [-0.2, -0.15) is 8.78 Å². The fourth-order valence-corrected chi connectivity index (χ4v) is 4.45. The summed E-state index contributed by atoms with van der Waals surface area (Å²) < 4.78 is 25.0. The highest BCUT2D eigenvalue weighted by Crippen LogP contribution is 2.29. The molecule has 172 valence electrons. The lowest BCUT2D eigenvalue weighted by molar-refractivity contribution is -0.136. The third-order valence-electron chi connectivity index (χ3n) is 5.72. The van der Waals surface area contributed by atoms with E-state index >= 15 is 0 Å². The number of thioether (sulfide) groups is 1. The SMILES string of the molecule is CCN(CC)C(=O)C1CCN(C(=O)c2ccccc2Nc2ccc(SC(F)F)cc2)CC1. The van der Waals surface area contributed by atoms with Crippen molar-refractivity contribution in [3.8, 4) is 0 Å². The number of carbonyl (C=O) groups excluding carboxylic acids is 2. The van der Waals surface area contributed by atoms with Gasteiger partial charge in [-0.25, -0.2) is 0 Å². The molecule has 5 nitrogen and oxygen atoms in total. The molecule has 0 atom stereocenters. The van der Waals surface area contributed by atoms with Gasteiger partial charge in [0.2, 0.25) is 5.91 Å². The molecule has 0 aromatic heterocycles. The zero-order valence-electron chi connectivity index (χ0n) is 18.4. The molecule has 0 unspecified atom stereocenters. The van der Waals surface area contributed by atoms with Gasteiger partial charge in [-0.05, 0) is 63.1 Å². The average molecular weight is 462 g/mol. The van der Waals surface area contributed by atoms with E-state index in [4.69, 9.17) is 0 Å². The predicted octanol–water partition coefficient (Wildman–Crippen LogP) is 5.47. The van der Waals surface area contributed by atoms with Gasteiger partial charge in [0.1, 0.15) is 0 Å². The van der Waals surface area contributed by atoms with Crippen molar-refractivity contribution in [3.05, 3.63) is 54.1 Å². The number of hydrogen-bond acceptors (Lipinski definition) is 4. The van der Waals surface area contributed by atoms with E-state index in [1.54, 1.807) is 35.2 Å². The minimum absolute atomic E-state index is 0.0306. The van der Waals surface area contributed by atoms with Crippen molar-refractivity contribution in [1.29, 1.82) is 0 Å². The molecule has 0 radical (unpaired) electrons. The maximum atomic E-state index is 13.2. The van der Waals surface area contributed by atoms with Gasteiger partial charge >= 0.3 is 0 Å². The van der Waals surface area contributed by atoms with Crippen molar-refractivity contribution in [1.82, 2.24) is 9.80 Å². The third kappa shape index (κ3) is 6.00. The fourth-order valence-electron chi connectivity index (χ4n) is 3.95. The zero-order chi connectivity index (χ0) is 23.1. The predicted molar refractivity (Wildman–Crippen MR) is 125 cm³/mol. The molecule has 1 fully saturated rings. The van der Waals surface area contributed by atoms with E-state index in [0.29, 0.717) is 72.6 Å². The summed E-state index contributed by atoms with van der Waals surface area (Å²) in [6, 6.07) is 14.0. The summed E-state index contributed by atoms with van der Waals surface area (Å²) in [6.07, 6.45) is 1.33. The van der Waals surface area contributed by atoms with Crippen molar-refractivity contribution in [2.75, 3.05) is 31.5 Å². The molecule has 2 amide bonds. The molecular weight excluding hydrogens is 432 g/mol. The molecule has 8 heteroatoms. The van der Waals surface area contributed by atoms with Crippen molar-refractivity contribution in [2.45, 2.75) is 37.3 Å². The second-order valence-electron chi connectivity index (χ2n) is 7.65. The number of nitrogens with one attached hydrogen (secondary N) is 1. The maximum absolute atomic E-state index is 13.2. The van der Waals surface area contributed by atoms with Crippen molar-refractivity contribution in [2.24, 2.45) is 5.92 Å². The van der Waals surface area contributed by atoms with Crippen LogP contribution in [0.15, 0.2) is 53.4 Å². The zero-order valence-corrected chi connectivity index (χ0v) is 19.2. The summed E-state index contributed by atoms with van der Waals surface area (Å²) in [6.45, 7) is 6.46. The van der Waals surface area contributed by atoms with Crippen molar-refractivity contribution < 1.29 is 18.4 Å². The summed E-state index contributed by atoms with van der Waals surface area (Å²) in [7, 11) is 0. The lowest BCUT2D eigenvalue weighted by Gasteiger charge is -2.34. The van der Waals surface area contributed by atoms with Crippen LogP contribution in [0.3, 0.4) is 0 Å². The van der Waals surface area contributed by atoms with E-state index in [0.717, 1.165) is 0 Å². The van der Waals surface area contributed by atoms with Crippen LogP contribution in [-0.2, 0) is 4.79 Å². The Morgan fingerprint density at radius 1 is 1.06 bits per heavy atom. The molecule has 1 aliphatic heterocycles. The van der Waals surface area contributed by atoms with E-state index in [-0.39, 0.29) is 17.7 Å². The number of likely N-dealkylation sites (tertiary alicyclic amines) is 1. The minimum Gasteiger partial charge on any atom is -0.355 e. The first-order valence-corrected chi connectivity index (χ1v) is 11.8. The Balaban J connectivity index is 1.65. The molecule has 2 aromatic rings. The second-order valence-corrected chi connectivity index (χ2v) is 8.71. The van der Waals surface area contributed by atoms with E-state index in [1.165, 1.54) is 0 Å². The molecule has 1 saturated heterocycles. The lowest BCUT2D eigenvalue weighted by atomic mass is 9.94. The van der Waals surface area contributed by atoms with E-state index < -0.39 is 5.76 Å². The quantitative estimate of drug-likeness (QED) is 0.530. The highest BCUT2D eigenvalue weighted by Gasteiger charge is 2.30.